The highest BCUT2D eigenvalue weighted by Gasteiger charge is 2.54. The molecule has 174 valence electrons. The van der Waals surface area contributed by atoms with Crippen LogP contribution in [0.3, 0.4) is 0 Å². The number of fused-ring (bicyclic) bond motifs is 3. The lowest BCUT2D eigenvalue weighted by molar-refractivity contribution is -0.141. The number of ether oxygens (including phenoxy) is 7. The molecule has 1 saturated heterocycles. The average molecular weight is 458 g/mol. The minimum absolute atomic E-state index is 0.0379. The summed E-state index contributed by atoms with van der Waals surface area (Å²) in [5.41, 5.74) is 1.99. The summed E-state index contributed by atoms with van der Waals surface area (Å²) in [4.78, 5) is 24.5. The Hall–Kier alpha value is -3.82. The van der Waals surface area contributed by atoms with Crippen LogP contribution in [0.1, 0.15) is 28.7 Å². The fraction of sp³-hybridized carbons (Fsp3) is 0.391. The number of carbonyl (C=O) groups excluding carboxylic acids is 1. The highest BCUT2D eigenvalue weighted by molar-refractivity contribution is 5.79. The van der Waals surface area contributed by atoms with Crippen molar-refractivity contribution >= 4 is 12.1 Å². The van der Waals surface area contributed by atoms with Crippen LogP contribution in [0.4, 0.5) is 4.79 Å². The van der Waals surface area contributed by atoms with Gasteiger partial charge in [0.25, 0.3) is 0 Å². The molecular weight excluding hydrogens is 436 g/mol. The van der Waals surface area contributed by atoms with E-state index in [-0.39, 0.29) is 13.4 Å². The predicted octanol–water partition coefficient (Wildman–Crippen LogP) is 3.11. The molecule has 2 aliphatic heterocycles. The molecule has 1 fully saturated rings. The lowest BCUT2D eigenvalue weighted by Gasteiger charge is -2.38. The molecule has 4 atom stereocenters. The van der Waals surface area contributed by atoms with E-state index < -0.39 is 36.0 Å². The van der Waals surface area contributed by atoms with Gasteiger partial charge in [-0.1, -0.05) is 0 Å². The zero-order chi connectivity index (χ0) is 23.3. The molecule has 0 saturated carbocycles. The summed E-state index contributed by atoms with van der Waals surface area (Å²) in [5.74, 6) is 0.128. The lowest BCUT2D eigenvalue weighted by atomic mass is 9.66. The van der Waals surface area contributed by atoms with Crippen LogP contribution < -0.4 is 23.7 Å². The van der Waals surface area contributed by atoms with Crippen molar-refractivity contribution in [1.29, 1.82) is 0 Å². The molecule has 0 radical (unpaired) electrons. The van der Waals surface area contributed by atoms with Gasteiger partial charge in [0.05, 0.1) is 33.9 Å². The largest absolute Gasteiger partial charge is 0.506 e. The minimum atomic E-state index is -1.44. The van der Waals surface area contributed by atoms with E-state index >= 15 is 0 Å². The lowest BCUT2D eigenvalue weighted by Crippen LogP contribution is -2.36. The molecular formula is C23H22O10. The molecule has 10 nitrogen and oxygen atoms in total. The average Bonchev–Trinajstić information content (AvgIpc) is 3.43. The fourth-order valence-electron chi connectivity index (χ4n) is 5.05. The molecule has 3 aliphatic rings. The van der Waals surface area contributed by atoms with Crippen molar-refractivity contribution in [3.63, 3.8) is 0 Å². The topological polar surface area (TPSA) is 119 Å². The summed E-state index contributed by atoms with van der Waals surface area (Å²) >= 11 is 0. The quantitative estimate of drug-likeness (QED) is 0.670. The number of carboxylic acid groups (broad SMARTS) is 1. The van der Waals surface area contributed by atoms with Gasteiger partial charge in [0.2, 0.25) is 12.5 Å². The molecule has 0 bridgehead atoms. The SMILES string of the molecule is COc1cc([C@@H]2c3cc4c(cc3[C@H](OC(=O)O)[C@H]3COC(=O)[C@@H]23)OCO4)cc(OC)c1OC. The molecule has 1 aliphatic carbocycles. The zero-order valence-electron chi connectivity index (χ0n) is 18.2. The monoisotopic (exact) mass is 458 g/mol. The number of hydrogen-bond acceptors (Lipinski definition) is 9. The Morgan fingerprint density at radius 3 is 2.15 bits per heavy atom. The van der Waals surface area contributed by atoms with E-state index in [9.17, 15) is 14.7 Å². The van der Waals surface area contributed by atoms with Gasteiger partial charge in [0.1, 0.15) is 6.10 Å². The third kappa shape index (κ3) is 3.24. The standard InChI is InChI=1S/C23H22O10/c1-27-16-4-10(5-17(28-2)21(16)29-3)18-11-6-14-15(32-9-31-14)7-12(11)20(33-23(25)26)13-8-30-22(24)19(13)18/h4-7,13,18-20H,8-9H2,1-3H3,(H,25,26)/t13-,18+,19+,20-/m0/s1. The molecule has 33 heavy (non-hydrogen) atoms. The molecule has 0 spiro atoms. The summed E-state index contributed by atoms with van der Waals surface area (Å²) in [7, 11) is 4.53. The maximum absolute atomic E-state index is 12.9. The fourth-order valence-corrected chi connectivity index (χ4v) is 5.05. The van der Waals surface area contributed by atoms with Gasteiger partial charge in [-0.25, -0.2) is 4.79 Å². The first-order valence-corrected chi connectivity index (χ1v) is 10.3. The number of benzene rings is 2. The van der Waals surface area contributed by atoms with Gasteiger partial charge in [-0.05, 0) is 35.4 Å². The van der Waals surface area contributed by atoms with Gasteiger partial charge in [0, 0.05) is 17.4 Å². The van der Waals surface area contributed by atoms with E-state index in [1.54, 1.807) is 24.3 Å². The molecule has 2 aromatic rings. The smallest absolute Gasteiger partial charge is 0.493 e. The van der Waals surface area contributed by atoms with Crippen LogP contribution in [-0.4, -0.2) is 52.0 Å². The van der Waals surface area contributed by atoms with Crippen LogP contribution in [0, 0.1) is 11.8 Å². The van der Waals surface area contributed by atoms with Crippen molar-refractivity contribution in [3.8, 4) is 28.7 Å². The first-order valence-electron chi connectivity index (χ1n) is 10.3. The third-order valence-electron chi connectivity index (χ3n) is 6.39. The van der Waals surface area contributed by atoms with E-state index in [0.717, 1.165) is 0 Å². The van der Waals surface area contributed by atoms with Gasteiger partial charge in [-0.3, -0.25) is 4.79 Å². The zero-order valence-corrected chi connectivity index (χ0v) is 18.2. The summed E-state index contributed by atoms with van der Waals surface area (Å²) in [5, 5.41) is 9.40. The Bertz CT molecular complexity index is 1100. The second-order valence-electron chi connectivity index (χ2n) is 7.89. The van der Waals surface area contributed by atoms with E-state index in [1.165, 1.54) is 21.3 Å². The predicted molar refractivity (Wildman–Crippen MR) is 110 cm³/mol. The van der Waals surface area contributed by atoms with Gasteiger partial charge >= 0.3 is 12.1 Å². The van der Waals surface area contributed by atoms with Crippen molar-refractivity contribution in [2.75, 3.05) is 34.7 Å². The number of carbonyl (C=O) groups is 2. The summed E-state index contributed by atoms with van der Waals surface area (Å²) < 4.78 is 38.2. The van der Waals surface area contributed by atoms with Gasteiger partial charge in [-0.15, -0.1) is 0 Å². The number of esters is 1. The van der Waals surface area contributed by atoms with E-state index in [1.807, 2.05) is 0 Å². The Balaban J connectivity index is 1.75. The molecule has 5 rings (SSSR count). The van der Waals surface area contributed by atoms with Crippen LogP contribution in [0.25, 0.3) is 0 Å². The van der Waals surface area contributed by atoms with Crippen molar-refractivity contribution in [2.45, 2.75) is 12.0 Å². The van der Waals surface area contributed by atoms with Crippen LogP contribution in [0.5, 0.6) is 28.7 Å². The van der Waals surface area contributed by atoms with Crippen molar-refractivity contribution in [3.05, 3.63) is 41.0 Å². The highest BCUT2D eigenvalue weighted by atomic mass is 16.7. The molecule has 10 heteroatoms. The van der Waals surface area contributed by atoms with E-state index in [4.69, 9.17) is 33.2 Å². The Kier molecular flexibility index (Phi) is 5.07. The molecule has 0 amide bonds. The normalized spacial score (nSPS) is 24.4. The Labute approximate surface area is 188 Å². The summed E-state index contributed by atoms with van der Waals surface area (Å²) in [6, 6.07) is 7.05. The number of methoxy groups -OCH3 is 3. The Morgan fingerprint density at radius 2 is 1.58 bits per heavy atom. The van der Waals surface area contributed by atoms with Crippen LogP contribution in [0.2, 0.25) is 0 Å². The highest BCUT2D eigenvalue weighted by Crippen LogP contribution is 2.56. The van der Waals surface area contributed by atoms with Crippen molar-refractivity contribution in [2.24, 2.45) is 11.8 Å². The minimum Gasteiger partial charge on any atom is -0.493 e. The third-order valence-corrected chi connectivity index (χ3v) is 6.39. The number of rotatable bonds is 5. The molecule has 2 heterocycles. The second kappa shape index (κ2) is 7.95. The molecule has 1 N–H and O–H groups in total. The molecule has 2 aromatic carbocycles. The van der Waals surface area contributed by atoms with Crippen molar-refractivity contribution in [1.82, 2.24) is 0 Å². The van der Waals surface area contributed by atoms with Crippen LogP contribution >= 0.6 is 0 Å². The molecule has 0 unspecified atom stereocenters. The van der Waals surface area contributed by atoms with Crippen LogP contribution in [-0.2, 0) is 14.3 Å². The second-order valence-corrected chi connectivity index (χ2v) is 7.89. The number of hydrogen-bond donors (Lipinski definition) is 1. The van der Waals surface area contributed by atoms with Gasteiger partial charge in [0.15, 0.2) is 23.0 Å². The van der Waals surface area contributed by atoms with Crippen molar-refractivity contribution < 1.29 is 47.9 Å². The van der Waals surface area contributed by atoms with Gasteiger partial charge in [-0.2, -0.15) is 0 Å². The Morgan fingerprint density at radius 1 is 0.939 bits per heavy atom. The van der Waals surface area contributed by atoms with Gasteiger partial charge < -0.3 is 38.3 Å². The maximum atomic E-state index is 12.9. The summed E-state index contributed by atoms with van der Waals surface area (Å²) in [6.45, 7) is 0.0860. The maximum Gasteiger partial charge on any atom is 0.506 e. The van der Waals surface area contributed by atoms with Crippen LogP contribution in [0.15, 0.2) is 24.3 Å². The first-order chi connectivity index (χ1) is 16.0. The molecule has 0 aromatic heterocycles. The van der Waals surface area contributed by atoms with E-state index in [0.29, 0.717) is 45.4 Å². The number of cyclic esters (lactones) is 1. The van der Waals surface area contributed by atoms with E-state index in [2.05, 4.69) is 0 Å². The summed E-state index contributed by atoms with van der Waals surface area (Å²) in [6.07, 6.45) is -2.34. The first kappa shape index (κ1) is 21.0.